The van der Waals surface area contributed by atoms with Crippen molar-refractivity contribution in [2.45, 2.75) is 13.1 Å². The van der Waals surface area contributed by atoms with E-state index in [1.807, 2.05) is 6.07 Å². The van der Waals surface area contributed by atoms with E-state index in [-0.39, 0.29) is 24.5 Å². The molecule has 8 heteroatoms. The number of nitrogens with zero attached hydrogens (tertiary/aromatic N) is 1. The number of nitrogens with one attached hydrogen (secondary N) is 2. The molecule has 3 aromatic carbocycles. The molecule has 6 nitrogen and oxygen atoms in total. The van der Waals surface area contributed by atoms with Crippen LogP contribution in [-0.2, 0) is 13.1 Å². The largest absolute Gasteiger partial charge is 0.497 e. The fraction of sp³-hybridized carbons (Fsp3) is 0.120. The zero-order chi connectivity index (χ0) is 23.4. The number of carbonyl (C=O) groups is 1. The highest BCUT2D eigenvalue weighted by atomic mass is 35.5. The van der Waals surface area contributed by atoms with Crippen molar-refractivity contribution in [1.82, 2.24) is 9.88 Å². The molecule has 0 aliphatic rings. The number of halogens is 2. The molecule has 0 aliphatic heterocycles. The van der Waals surface area contributed by atoms with E-state index in [1.165, 1.54) is 17.0 Å². The summed E-state index contributed by atoms with van der Waals surface area (Å²) in [5.74, 6) is 0.288. The summed E-state index contributed by atoms with van der Waals surface area (Å²) in [5.41, 5.74) is 2.01. The first-order valence-corrected chi connectivity index (χ1v) is 10.5. The molecule has 4 rings (SSSR count). The number of hydrogen-bond acceptors (Lipinski definition) is 3. The van der Waals surface area contributed by atoms with Gasteiger partial charge >= 0.3 is 6.03 Å². The van der Waals surface area contributed by atoms with Crippen molar-refractivity contribution < 1.29 is 13.9 Å². The Hall–Kier alpha value is -3.84. The number of H-pyrrole nitrogens is 1. The number of anilines is 1. The van der Waals surface area contributed by atoms with Gasteiger partial charge in [0.1, 0.15) is 11.6 Å². The van der Waals surface area contributed by atoms with Crippen LogP contribution in [0.4, 0.5) is 14.9 Å². The van der Waals surface area contributed by atoms with E-state index in [4.69, 9.17) is 16.3 Å². The molecule has 0 saturated carbocycles. The molecule has 1 heterocycles. The number of ether oxygens (including phenoxy) is 1. The minimum absolute atomic E-state index is 0.0340. The Labute approximate surface area is 194 Å². The van der Waals surface area contributed by atoms with Gasteiger partial charge < -0.3 is 19.9 Å². The maximum absolute atomic E-state index is 13.4. The van der Waals surface area contributed by atoms with Crippen molar-refractivity contribution in [2.24, 2.45) is 0 Å². The van der Waals surface area contributed by atoms with Crippen LogP contribution in [-0.4, -0.2) is 23.0 Å². The van der Waals surface area contributed by atoms with Crippen molar-refractivity contribution in [3.05, 3.63) is 105 Å². The van der Waals surface area contributed by atoms with Gasteiger partial charge in [0.2, 0.25) is 0 Å². The van der Waals surface area contributed by atoms with Crippen molar-refractivity contribution in [3.8, 4) is 5.75 Å². The molecule has 0 atom stereocenters. The van der Waals surface area contributed by atoms with Gasteiger partial charge in [-0.1, -0.05) is 29.8 Å². The number of hydrogen-bond donors (Lipinski definition) is 2. The fourth-order valence-electron chi connectivity index (χ4n) is 3.46. The van der Waals surface area contributed by atoms with E-state index in [0.717, 1.165) is 10.9 Å². The number of aromatic amines is 1. The topological polar surface area (TPSA) is 74.4 Å². The predicted molar refractivity (Wildman–Crippen MR) is 127 cm³/mol. The number of aromatic nitrogens is 1. The van der Waals surface area contributed by atoms with Crippen LogP contribution in [0.1, 0.15) is 11.1 Å². The summed E-state index contributed by atoms with van der Waals surface area (Å²) in [6, 6.07) is 19.3. The highest BCUT2D eigenvalue weighted by molar-refractivity contribution is 6.30. The van der Waals surface area contributed by atoms with Crippen molar-refractivity contribution >= 4 is 34.2 Å². The van der Waals surface area contributed by atoms with Crippen LogP contribution in [0.25, 0.3) is 10.9 Å². The normalized spacial score (nSPS) is 10.8. The zero-order valence-corrected chi connectivity index (χ0v) is 18.5. The van der Waals surface area contributed by atoms with E-state index in [0.29, 0.717) is 27.5 Å². The number of benzene rings is 3. The first kappa shape index (κ1) is 22.4. The molecular weight excluding hydrogens is 445 g/mol. The van der Waals surface area contributed by atoms with Gasteiger partial charge in [-0.05, 0) is 60.2 Å². The Balaban J connectivity index is 1.66. The van der Waals surface area contributed by atoms with Gasteiger partial charge in [-0.3, -0.25) is 4.79 Å². The van der Waals surface area contributed by atoms with Gasteiger partial charge in [-0.15, -0.1) is 0 Å². The lowest BCUT2D eigenvalue weighted by molar-refractivity contribution is 0.206. The molecule has 0 saturated heterocycles. The second-order valence-electron chi connectivity index (χ2n) is 7.50. The van der Waals surface area contributed by atoms with E-state index >= 15 is 0 Å². The van der Waals surface area contributed by atoms with Crippen molar-refractivity contribution in [1.29, 1.82) is 0 Å². The molecule has 2 amide bonds. The molecule has 0 unspecified atom stereocenters. The third kappa shape index (κ3) is 5.51. The second-order valence-corrected chi connectivity index (χ2v) is 7.94. The molecular formula is C25H21ClFN3O3. The summed E-state index contributed by atoms with van der Waals surface area (Å²) in [6.45, 7) is 0.203. The number of rotatable bonds is 6. The molecule has 0 radical (unpaired) electrons. The van der Waals surface area contributed by atoms with Gasteiger partial charge in [0.25, 0.3) is 5.56 Å². The molecule has 2 N–H and O–H groups in total. The summed E-state index contributed by atoms with van der Waals surface area (Å²) in [4.78, 5) is 30.2. The Kier molecular flexibility index (Phi) is 6.60. The number of carbonyl (C=O) groups excluding carboxylic acids is 1. The minimum atomic E-state index is -0.424. The van der Waals surface area contributed by atoms with Crippen LogP contribution in [0, 0.1) is 5.82 Å². The number of pyridine rings is 1. The summed E-state index contributed by atoms with van der Waals surface area (Å²) < 4.78 is 18.6. The van der Waals surface area contributed by atoms with Crippen molar-refractivity contribution in [2.75, 3.05) is 12.4 Å². The number of fused-ring (bicyclic) bond motifs is 1. The molecule has 4 aromatic rings. The third-order valence-corrected chi connectivity index (χ3v) is 5.37. The lowest BCUT2D eigenvalue weighted by Gasteiger charge is -2.23. The Morgan fingerprint density at radius 3 is 2.58 bits per heavy atom. The monoisotopic (exact) mass is 465 g/mol. The predicted octanol–water partition coefficient (Wildman–Crippen LogP) is 5.56. The van der Waals surface area contributed by atoms with Crippen LogP contribution >= 0.6 is 11.6 Å². The third-order valence-electron chi connectivity index (χ3n) is 5.14. The van der Waals surface area contributed by atoms with Crippen molar-refractivity contribution in [3.63, 3.8) is 0 Å². The Bertz CT molecular complexity index is 1360. The zero-order valence-electron chi connectivity index (χ0n) is 17.8. The number of amides is 2. The maximum Gasteiger partial charge on any atom is 0.322 e. The van der Waals surface area contributed by atoms with Crippen LogP contribution in [0.15, 0.2) is 77.6 Å². The number of urea groups is 1. The smallest absolute Gasteiger partial charge is 0.322 e. The molecule has 0 fully saturated rings. The average Bonchev–Trinajstić information content (AvgIpc) is 2.80. The van der Waals surface area contributed by atoms with E-state index < -0.39 is 6.03 Å². The van der Waals surface area contributed by atoms with Gasteiger partial charge in [-0.2, -0.15) is 0 Å². The van der Waals surface area contributed by atoms with Gasteiger partial charge in [-0.25, -0.2) is 9.18 Å². The lowest BCUT2D eigenvalue weighted by Crippen LogP contribution is -2.35. The Morgan fingerprint density at radius 1 is 1.06 bits per heavy atom. The first-order chi connectivity index (χ1) is 15.9. The molecule has 0 bridgehead atoms. The number of methoxy groups -OCH3 is 1. The van der Waals surface area contributed by atoms with Gasteiger partial charge in [0.05, 0.1) is 13.7 Å². The quantitative estimate of drug-likeness (QED) is 0.391. The lowest BCUT2D eigenvalue weighted by atomic mass is 10.1. The molecule has 0 spiro atoms. The second kappa shape index (κ2) is 9.75. The van der Waals surface area contributed by atoms with Crippen LogP contribution in [0.3, 0.4) is 0 Å². The summed E-state index contributed by atoms with van der Waals surface area (Å²) in [7, 11) is 1.57. The fourth-order valence-corrected chi connectivity index (χ4v) is 3.65. The highest BCUT2D eigenvalue weighted by Crippen LogP contribution is 2.21. The van der Waals surface area contributed by atoms with Gasteiger partial charge in [0.15, 0.2) is 0 Å². The highest BCUT2D eigenvalue weighted by Gasteiger charge is 2.17. The van der Waals surface area contributed by atoms with Crippen LogP contribution < -0.4 is 15.6 Å². The van der Waals surface area contributed by atoms with E-state index in [2.05, 4.69) is 10.3 Å². The van der Waals surface area contributed by atoms with Crippen LogP contribution in [0.2, 0.25) is 5.02 Å². The molecule has 1 aromatic heterocycles. The van der Waals surface area contributed by atoms with Crippen LogP contribution in [0.5, 0.6) is 5.75 Å². The minimum Gasteiger partial charge on any atom is -0.497 e. The summed E-state index contributed by atoms with van der Waals surface area (Å²) in [5, 5.41) is 4.07. The standard InChI is InChI=1S/C25H21ClFN3O3/c1-33-22-9-10-23-17(12-22)11-18(24(31)29-23)15-30(14-16-5-7-20(27)8-6-16)25(32)28-21-4-2-3-19(26)13-21/h2-13H,14-15H2,1H3,(H,28,32)(H,29,31). The Morgan fingerprint density at radius 2 is 1.85 bits per heavy atom. The SMILES string of the molecule is COc1ccc2[nH]c(=O)c(CN(Cc3ccc(F)cc3)C(=O)Nc3cccc(Cl)c3)cc2c1. The summed E-state index contributed by atoms with van der Waals surface area (Å²) in [6.07, 6.45) is 0. The van der Waals surface area contributed by atoms with Gasteiger partial charge in [0, 0.05) is 33.7 Å². The van der Waals surface area contributed by atoms with E-state index in [1.54, 1.807) is 61.7 Å². The molecule has 33 heavy (non-hydrogen) atoms. The first-order valence-electron chi connectivity index (χ1n) is 10.2. The summed E-state index contributed by atoms with van der Waals surface area (Å²) >= 11 is 6.03. The average molecular weight is 466 g/mol. The maximum atomic E-state index is 13.4. The van der Waals surface area contributed by atoms with E-state index in [9.17, 15) is 14.0 Å². The molecule has 168 valence electrons. The molecule has 0 aliphatic carbocycles.